The molecule has 1 aromatic rings. The van der Waals surface area contributed by atoms with Crippen molar-refractivity contribution >= 4 is 34.3 Å². The minimum absolute atomic E-state index is 0.0837. The highest BCUT2D eigenvalue weighted by Crippen LogP contribution is 2.26. The molecule has 1 aliphatic carbocycles. The molecular formula is C12H20N4O2S2. The molecule has 8 heteroatoms. The molecule has 1 aliphatic rings. The summed E-state index contributed by atoms with van der Waals surface area (Å²) >= 11 is 2.81. The van der Waals surface area contributed by atoms with Gasteiger partial charge in [-0.1, -0.05) is 18.7 Å². The second-order valence-electron chi connectivity index (χ2n) is 4.70. The van der Waals surface area contributed by atoms with Crippen LogP contribution in [-0.2, 0) is 4.79 Å². The first kappa shape index (κ1) is 15.7. The minimum atomic E-state index is -0.0893. The summed E-state index contributed by atoms with van der Waals surface area (Å²) in [6.07, 6.45) is 3.30. The molecule has 0 bridgehead atoms. The van der Waals surface area contributed by atoms with Gasteiger partial charge in [0.15, 0.2) is 0 Å². The first-order chi connectivity index (χ1) is 9.72. The molecule has 112 valence electrons. The van der Waals surface area contributed by atoms with E-state index in [1.165, 1.54) is 11.5 Å². The van der Waals surface area contributed by atoms with Crippen LogP contribution in [0.15, 0.2) is 5.16 Å². The van der Waals surface area contributed by atoms with Gasteiger partial charge >= 0.3 is 0 Å². The fraction of sp³-hybridized carbons (Fsp3) is 0.750. The molecule has 0 spiro atoms. The molecular weight excluding hydrogens is 296 g/mol. The summed E-state index contributed by atoms with van der Waals surface area (Å²) < 4.78 is 4.19. The van der Waals surface area contributed by atoms with Gasteiger partial charge in [0, 0.05) is 29.9 Å². The number of carbonyl (C=O) groups is 1. The van der Waals surface area contributed by atoms with Crippen molar-refractivity contribution in [3.63, 3.8) is 0 Å². The van der Waals surface area contributed by atoms with Crippen molar-refractivity contribution in [2.24, 2.45) is 0 Å². The molecule has 2 N–H and O–H groups in total. The van der Waals surface area contributed by atoms with Crippen LogP contribution in [-0.4, -0.2) is 56.8 Å². The molecule has 0 aromatic carbocycles. The largest absolute Gasteiger partial charge is 0.395 e. The van der Waals surface area contributed by atoms with E-state index in [4.69, 9.17) is 5.11 Å². The quantitative estimate of drug-likeness (QED) is 0.671. The lowest BCUT2D eigenvalue weighted by molar-refractivity contribution is -0.117. The predicted molar refractivity (Wildman–Crippen MR) is 81.2 cm³/mol. The van der Waals surface area contributed by atoms with Gasteiger partial charge in [0.25, 0.3) is 0 Å². The average Bonchev–Trinajstić information content (AvgIpc) is 3.18. The Hall–Kier alpha value is -0.700. The van der Waals surface area contributed by atoms with E-state index in [1.807, 2.05) is 4.90 Å². The molecule has 6 nitrogen and oxygen atoms in total. The number of aromatic nitrogens is 2. The molecule has 0 saturated heterocycles. The highest BCUT2D eigenvalue weighted by molar-refractivity contribution is 7.99. The van der Waals surface area contributed by atoms with Crippen LogP contribution < -0.4 is 5.32 Å². The van der Waals surface area contributed by atoms with Gasteiger partial charge in [-0.3, -0.25) is 15.0 Å². The summed E-state index contributed by atoms with van der Waals surface area (Å²) in [5, 5.41) is 13.1. The third-order valence-electron chi connectivity index (χ3n) is 2.89. The zero-order valence-electron chi connectivity index (χ0n) is 11.5. The normalized spacial score (nSPS) is 14.8. The summed E-state index contributed by atoms with van der Waals surface area (Å²) in [5.41, 5.74) is 0. The fourth-order valence-electron chi connectivity index (χ4n) is 1.81. The Labute approximate surface area is 127 Å². The maximum absolute atomic E-state index is 12.0. The molecule has 1 heterocycles. The number of aliphatic hydroxyl groups excluding tert-OH is 1. The Morgan fingerprint density at radius 3 is 3.05 bits per heavy atom. The van der Waals surface area contributed by atoms with Crippen molar-refractivity contribution in [2.75, 3.05) is 30.8 Å². The number of anilines is 1. The number of thioether (sulfide) groups is 1. The molecule has 1 aromatic heterocycles. The number of hydrogen-bond donors (Lipinski definition) is 2. The fourth-order valence-corrected chi connectivity index (χ4v) is 3.23. The van der Waals surface area contributed by atoms with Gasteiger partial charge < -0.3 is 5.11 Å². The highest BCUT2D eigenvalue weighted by atomic mass is 32.2. The lowest BCUT2D eigenvalue weighted by Crippen LogP contribution is -2.36. The predicted octanol–water partition coefficient (Wildman–Crippen LogP) is 1.44. The smallest absolute Gasteiger partial charge is 0.240 e. The maximum atomic E-state index is 12.0. The van der Waals surface area contributed by atoms with E-state index in [-0.39, 0.29) is 12.5 Å². The van der Waals surface area contributed by atoms with Crippen LogP contribution in [0.4, 0.5) is 5.13 Å². The van der Waals surface area contributed by atoms with E-state index >= 15 is 0 Å². The Bertz CT molecular complexity index is 437. The van der Waals surface area contributed by atoms with E-state index < -0.39 is 0 Å². The number of nitrogens with one attached hydrogen (secondary N) is 1. The second-order valence-corrected chi connectivity index (χ2v) is 6.52. The van der Waals surface area contributed by atoms with Crippen molar-refractivity contribution in [3.05, 3.63) is 0 Å². The third kappa shape index (κ3) is 5.01. The number of carbonyl (C=O) groups excluding carboxylic acids is 1. The maximum Gasteiger partial charge on any atom is 0.240 e. The zero-order valence-corrected chi connectivity index (χ0v) is 13.2. The lowest BCUT2D eigenvalue weighted by atomic mass is 10.4. The molecule has 1 saturated carbocycles. The molecule has 1 fully saturated rings. The number of nitrogens with zero attached hydrogens (tertiary/aromatic N) is 3. The summed E-state index contributed by atoms with van der Waals surface area (Å²) in [6, 6.07) is 0.456. The van der Waals surface area contributed by atoms with E-state index in [0.717, 1.165) is 30.2 Å². The number of aliphatic hydroxyl groups is 1. The van der Waals surface area contributed by atoms with Crippen molar-refractivity contribution < 1.29 is 9.90 Å². The molecule has 1 amide bonds. The Balaban J connectivity index is 1.79. The van der Waals surface area contributed by atoms with Crippen molar-refractivity contribution in [2.45, 2.75) is 37.4 Å². The van der Waals surface area contributed by atoms with Crippen molar-refractivity contribution in [3.8, 4) is 0 Å². The average molecular weight is 316 g/mol. The van der Waals surface area contributed by atoms with Gasteiger partial charge in [0.2, 0.25) is 16.2 Å². The molecule has 2 rings (SSSR count). The topological polar surface area (TPSA) is 78.4 Å². The standard InChI is InChI=1S/C12H20N4O2S2/c1-2-7-19-12-14-11(20-15-12)13-10(18)8-16(5-6-17)9-3-4-9/h9,17H,2-8H2,1H3,(H,13,14,15,18). The van der Waals surface area contributed by atoms with Gasteiger partial charge in [-0.05, 0) is 19.3 Å². The van der Waals surface area contributed by atoms with E-state index in [2.05, 4.69) is 21.6 Å². The summed E-state index contributed by atoms with van der Waals surface area (Å²) in [6.45, 7) is 3.05. The van der Waals surface area contributed by atoms with E-state index in [9.17, 15) is 4.79 Å². The second kappa shape index (κ2) is 7.92. The van der Waals surface area contributed by atoms with Crippen molar-refractivity contribution in [1.29, 1.82) is 0 Å². The van der Waals surface area contributed by atoms with Crippen LogP contribution in [0.3, 0.4) is 0 Å². The van der Waals surface area contributed by atoms with E-state index in [1.54, 1.807) is 11.8 Å². The Kier molecular flexibility index (Phi) is 6.21. The van der Waals surface area contributed by atoms with Crippen LogP contribution in [0.25, 0.3) is 0 Å². The monoisotopic (exact) mass is 316 g/mol. The number of hydrogen-bond acceptors (Lipinski definition) is 7. The van der Waals surface area contributed by atoms with Crippen LogP contribution in [0.1, 0.15) is 26.2 Å². The van der Waals surface area contributed by atoms with Crippen LogP contribution in [0.5, 0.6) is 0 Å². The molecule has 20 heavy (non-hydrogen) atoms. The zero-order chi connectivity index (χ0) is 14.4. The summed E-state index contributed by atoms with van der Waals surface area (Å²) in [7, 11) is 0. The van der Waals surface area contributed by atoms with Gasteiger partial charge in [-0.25, -0.2) is 0 Å². The van der Waals surface area contributed by atoms with Crippen molar-refractivity contribution in [1.82, 2.24) is 14.3 Å². The first-order valence-electron chi connectivity index (χ1n) is 6.84. The number of amides is 1. The molecule has 0 radical (unpaired) electrons. The molecule has 0 atom stereocenters. The van der Waals surface area contributed by atoms with Gasteiger partial charge in [-0.15, -0.1) is 0 Å². The summed E-state index contributed by atoms with van der Waals surface area (Å²) in [5.74, 6) is 0.893. The van der Waals surface area contributed by atoms with Crippen LogP contribution in [0.2, 0.25) is 0 Å². The van der Waals surface area contributed by atoms with Crippen LogP contribution >= 0.6 is 23.3 Å². The number of rotatable bonds is 9. The molecule has 0 unspecified atom stereocenters. The lowest BCUT2D eigenvalue weighted by Gasteiger charge is -2.19. The Morgan fingerprint density at radius 1 is 1.60 bits per heavy atom. The van der Waals surface area contributed by atoms with Gasteiger partial charge in [0.05, 0.1) is 13.2 Å². The van der Waals surface area contributed by atoms with Gasteiger partial charge in [-0.2, -0.15) is 9.36 Å². The minimum Gasteiger partial charge on any atom is -0.395 e. The highest BCUT2D eigenvalue weighted by Gasteiger charge is 2.29. The SMILES string of the molecule is CCCSc1nsc(NC(=O)CN(CCO)C2CC2)n1. The van der Waals surface area contributed by atoms with Crippen LogP contribution in [0, 0.1) is 0 Å². The third-order valence-corrected chi connectivity index (χ3v) is 4.69. The first-order valence-corrected chi connectivity index (χ1v) is 8.60. The van der Waals surface area contributed by atoms with Gasteiger partial charge in [0.1, 0.15) is 0 Å². The molecule has 0 aliphatic heterocycles. The summed E-state index contributed by atoms with van der Waals surface area (Å²) in [4.78, 5) is 18.2. The Morgan fingerprint density at radius 2 is 2.40 bits per heavy atom. The van der Waals surface area contributed by atoms with E-state index in [0.29, 0.717) is 24.3 Å².